The van der Waals surface area contributed by atoms with Crippen molar-refractivity contribution in [1.82, 2.24) is 4.40 Å². The number of rotatable bonds is 2. The molecule has 11 rings (SSSR count). The van der Waals surface area contributed by atoms with E-state index in [2.05, 4.69) is 158 Å². The second-order valence-corrected chi connectivity index (χ2v) is 14.7. The van der Waals surface area contributed by atoms with Crippen molar-refractivity contribution in [3.05, 3.63) is 151 Å². The summed E-state index contributed by atoms with van der Waals surface area (Å²) in [7, 11) is 0. The predicted octanol–water partition coefficient (Wildman–Crippen LogP) is 12.8. The lowest BCUT2D eigenvalue weighted by atomic mass is 9.81. The molecule has 0 fully saturated rings. The van der Waals surface area contributed by atoms with Crippen molar-refractivity contribution in [1.29, 1.82) is 0 Å². The van der Waals surface area contributed by atoms with Crippen LogP contribution in [0.15, 0.2) is 140 Å². The molecule has 0 N–H and O–H groups in total. The Kier molecular flexibility index (Phi) is 4.86. The van der Waals surface area contributed by atoms with Gasteiger partial charge in [-0.25, -0.2) is 0 Å². The molecule has 0 atom stereocenters. The maximum Gasteiger partial charge on any atom is 0.0620 e. The third-order valence-corrected chi connectivity index (χ3v) is 12.2. The Labute approximate surface area is 276 Å². The SMILES string of the molecule is CC1(C)c2ccccc2-c2ccc(-c3cccc4c3sc3c(-c5ccc6c7cccc8c9ccccc9n(c6c5)c87)cccc34)cc21. The second kappa shape index (κ2) is 8.88. The Morgan fingerprint density at radius 3 is 1.77 bits per heavy atom. The van der Waals surface area contributed by atoms with Gasteiger partial charge in [0.25, 0.3) is 0 Å². The van der Waals surface area contributed by atoms with Gasteiger partial charge in [-0.05, 0) is 62.7 Å². The summed E-state index contributed by atoms with van der Waals surface area (Å²) in [5, 5.41) is 7.94. The average molecular weight is 616 g/mol. The van der Waals surface area contributed by atoms with Gasteiger partial charge in [0.05, 0.1) is 16.6 Å². The lowest BCUT2D eigenvalue weighted by molar-refractivity contribution is 0.660. The first-order valence-corrected chi connectivity index (χ1v) is 17.3. The topological polar surface area (TPSA) is 4.41 Å². The molecule has 7 aromatic carbocycles. The Balaban J connectivity index is 1.12. The van der Waals surface area contributed by atoms with Crippen molar-refractivity contribution in [2.45, 2.75) is 19.3 Å². The van der Waals surface area contributed by atoms with E-state index in [1.165, 1.54) is 103 Å². The molecule has 0 saturated heterocycles. The highest BCUT2D eigenvalue weighted by Crippen LogP contribution is 2.51. The monoisotopic (exact) mass is 615 g/mol. The summed E-state index contributed by atoms with van der Waals surface area (Å²) in [6.07, 6.45) is 0. The van der Waals surface area contributed by atoms with Crippen LogP contribution in [0.25, 0.3) is 91.6 Å². The van der Waals surface area contributed by atoms with Gasteiger partial charge in [0, 0.05) is 47.1 Å². The molecule has 10 aromatic rings. The first-order valence-electron chi connectivity index (χ1n) is 16.4. The molecule has 0 bridgehead atoms. The largest absolute Gasteiger partial charge is 0.308 e. The fraction of sp³-hybridized carbons (Fsp3) is 0.0667. The molecule has 1 nitrogen and oxygen atoms in total. The molecule has 0 unspecified atom stereocenters. The smallest absolute Gasteiger partial charge is 0.0620 e. The van der Waals surface area contributed by atoms with Crippen LogP contribution in [-0.2, 0) is 5.41 Å². The summed E-state index contributed by atoms with van der Waals surface area (Å²) in [6.45, 7) is 4.73. The summed E-state index contributed by atoms with van der Waals surface area (Å²) in [5.41, 5.74) is 14.6. The molecule has 3 heterocycles. The van der Waals surface area contributed by atoms with Crippen LogP contribution in [0.1, 0.15) is 25.0 Å². The third kappa shape index (κ3) is 3.23. The van der Waals surface area contributed by atoms with Gasteiger partial charge in [-0.3, -0.25) is 0 Å². The van der Waals surface area contributed by atoms with Gasteiger partial charge in [-0.15, -0.1) is 11.3 Å². The van der Waals surface area contributed by atoms with Crippen molar-refractivity contribution in [3.63, 3.8) is 0 Å². The van der Waals surface area contributed by atoms with E-state index in [1.54, 1.807) is 0 Å². The van der Waals surface area contributed by atoms with E-state index in [9.17, 15) is 0 Å². The molecule has 0 radical (unpaired) electrons. The molecular weight excluding hydrogens is 587 g/mol. The first-order chi connectivity index (χ1) is 23.1. The number of aromatic nitrogens is 1. The number of benzene rings is 7. The predicted molar refractivity (Wildman–Crippen MR) is 202 cm³/mol. The molecule has 1 aliphatic carbocycles. The number of thiophene rings is 1. The van der Waals surface area contributed by atoms with E-state index < -0.39 is 0 Å². The van der Waals surface area contributed by atoms with Crippen LogP contribution in [0, 0.1) is 0 Å². The minimum Gasteiger partial charge on any atom is -0.308 e. The quantitative estimate of drug-likeness (QED) is 0.182. The lowest BCUT2D eigenvalue weighted by Crippen LogP contribution is -2.14. The van der Waals surface area contributed by atoms with Gasteiger partial charge < -0.3 is 4.40 Å². The minimum atomic E-state index is -0.0208. The van der Waals surface area contributed by atoms with Crippen LogP contribution in [-0.4, -0.2) is 4.40 Å². The highest BCUT2D eigenvalue weighted by atomic mass is 32.1. The highest BCUT2D eigenvalue weighted by molar-refractivity contribution is 7.26. The van der Waals surface area contributed by atoms with Crippen LogP contribution in [0.2, 0.25) is 0 Å². The normalized spacial score (nSPS) is 13.9. The zero-order chi connectivity index (χ0) is 31.0. The molecule has 0 aliphatic heterocycles. The molecule has 0 saturated carbocycles. The van der Waals surface area contributed by atoms with Crippen LogP contribution in [0.5, 0.6) is 0 Å². The zero-order valence-corrected chi connectivity index (χ0v) is 27.0. The standard InChI is InChI=1S/C45H29NS/c1-45(2)38-18-5-3-10-30(38)31-22-20-26(24-39(31)45)28-12-7-16-36-37-17-8-13-29(44(37)47-43(28)36)27-21-23-33-35-15-9-14-34-32-11-4-6-19-40(32)46(42(34)35)41(33)25-27/h3-25H,1-2H3. The highest BCUT2D eigenvalue weighted by Gasteiger charge is 2.35. The number of nitrogens with zero attached hydrogens (tertiary/aromatic N) is 1. The Bertz CT molecular complexity index is 2930. The number of hydrogen-bond donors (Lipinski definition) is 0. The Hall–Kier alpha value is -5.44. The number of fused-ring (bicyclic) bond motifs is 12. The van der Waals surface area contributed by atoms with Gasteiger partial charge in [-0.2, -0.15) is 0 Å². The molecular formula is C45H29NS. The van der Waals surface area contributed by atoms with Crippen molar-refractivity contribution >= 4 is 69.6 Å². The average Bonchev–Trinajstić information content (AvgIpc) is 3.83. The van der Waals surface area contributed by atoms with Crippen LogP contribution >= 0.6 is 11.3 Å². The zero-order valence-electron chi connectivity index (χ0n) is 26.1. The number of para-hydroxylation sites is 2. The molecule has 0 spiro atoms. The Morgan fingerprint density at radius 1 is 0.426 bits per heavy atom. The van der Waals surface area contributed by atoms with Crippen molar-refractivity contribution < 1.29 is 0 Å². The summed E-state index contributed by atoms with van der Waals surface area (Å²) in [5.74, 6) is 0. The maximum atomic E-state index is 2.48. The van der Waals surface area contributed by atoms with Crippen LogP contribution < -0.4 is 0 Å². The van der Waals surface area contributed by atoms with Crippen molar-refractivity contribution in [3.8, 4) is 33.4 Å². The second-order valence-electron chi connectivity index (χ2n) is 13.7. The molecule has 0 amide bonds. The summed E-state index contributed by atoms with van der Waals surface area (Å²) >= 11 is 1.94. The summed E-state index contributed by atoms with van der Waals surface area (Å²) in [6, 6.07) is 52.4. The summed E-state index contributed by atoms with van der Waals surface area (Å²) < 4.78 is 5.19. The van der Waals surface area contributed by atoms with Gasteiger partial charge in [-0.1, -0.05) is 135 Å². The third-order valence-electron chi connectivity index (χ3n) is 11.0. The maximum absolute atomic E-state index is 2.48. The van der Waals surface area contributed by atoms with E-state index in [-0.39, 0.29) is 5.41 Å². The molecule has 1 aliphatic rings. The molecule has 47 heavy (non-hydrogen) atoms. The van der Waals surface area contributed by atoms with Gasteiger partial charge in [0.1, 0.15) is 0 Å². The molecule has 3 aromatic heterocycles. The van der Waals surface area contributed by atoms with E-state index in [0.717, 1.165) is 0 Å². The van der Waals surface area contributed by atoms with Gasteiger partial charge >= 0.3 is 0 Å². The van der Waals surface area contributed by atoms with Gasteiger partial charge in [0.15, 0.2) is 0 Å². The van der Waals surface area contributed by atoms with E-state index in [0.29, 0.717) is 0 Å². The minimum absolute atomic E-state index is 0.0208. The first kappa shape index (κ1) is 25.7. The van der Waals surface area contributed by atoms with E-state index in [1.807, 2.05) is 11.3 Å². The van der Waals surface area contributed by atoms with Crippen LogP contribution in [0.4, 0.5) is 0 Å². The van der Waals surface area contributed by atoms with Crippen molar-refractivity contribution in [2.24, 2.45) is 0 Å². The van der Waals surface area contributed by atoms with Crippen molar-refractivity contribution in [2.75, 3.05) is 0 Å². The fourth-order valence-electron chi connectivity index (χ4n) is 8.74. The summed E-state index contributed by atoms with van der Waals surface area (Å²) in [4.78, 5) is 0. The molecule has 2 heteroatoms. The van der Waals surface area contributed by atoms with E-state index >= 15 is 0 Å². The fourth-order valence-corrected chi connectivity index (χ4v) is 10.1. The van der Waals surface area contributed by atoms with E-state index in [4.69, 9.17) is 0 Å². The molecule has 220 valence electrons. The van der Waals surface area contributed by atoms with Crippen LogP contribution in [0.3, 0.4) is 0 Å². The number of hydrogen-bond acceptors (Lipinski definition) is 1. The van der Waals surface area contributed by atoms with Gasteiger partial charge in [0.2, 0.25) is 0 Å². The Morgan fingerprint density at radius 2 is 0.979 bits per heavy atom. The lowest BCUT2D eigenvalue weighted by Gasteiger charge is -2.22.